The largest absolute Gasteiger partial charge is 0.785 e. The molecular weight excluding hydrogens is 414 g/mol. The first kappa shape index (κ1) is 20.5. The van der Waals surface area contributed by atoms with Crippen molar-refractivity contribution in [1.29, 1.82) is 0 Å². The van der Waals surface area contributed by atoms with E-state index in [1.165, 1.54) is 5.39 Å². The fourth-order valence-corrected chi connectivity index (χ4v) is 3.83. The summed E-state index contributed by atoms with van der Waals surface area (Å²) in [7, 11) is -1.49. The van der Waals surface area contributed by atoms with Crippen LogP contribution in [0.3, 0.4) is 0 Å². The average Bonchev–Trinajstić information content (AvgIpc) is 2.74. The normalized spacial score (nSPS) is 10.7. The molecule has 5 aromatic rings. The van der Waals surface area contributed by atoms with Crippen molar-refractivity contribution in [2.75, 3.05) is 0 Å². The fraction of sp³-hybridized carbons (Fsp3) is 0. The first-order valence-electron chi connectivity index (χ1n) is 9.29. The molecule has 3 nitrogen and oxygen atoms in total. The van der Waals surface area contributed by atoms with Crippen molar-refractivity contribution in [3.63, 3.8) is 0 Å². The molecule has 0 saturated carbocycles. The predicted octanol–water partition coefficient (Wildman–Crippen LogP) is 6.29. The lowest BCUT2D eigenvalue weighted by atomic mass is 9.97. The lowest BCUT2D eigenvalue weighted by Gasteiger charge is -2.15. The first-order valence-corrected chi connectivity index (χ1v) is 9.67. The van der Waals surface area contributed by atoms with E-state index in [-0.39, 0.29) is 9.90 Å². The average molecular weight is 433 g/mol. The molecule has 1 unspecified atom stereocenters. The molecular formula is C24H19BClO3P. The molecule has 30 heavy (non-hydrogen) atoms. The molecule has 0 aliphatic heterocycles. The molecule has 0 heterocycles. The second-order valence-corrected chi connectivity index (χ2v) is 7.22. The van der Waals surface area contributed by atoms with Crippen molar-refractivity contribution in [2.45, 2.75) is 0 Å². The summed E-state index contributed by atoms with van der Waals surface area (Å²) >= 11 is 6.11. The maximum absolute atomic E-state index is 10.4. The van der Waals surface area contributed by atoms with Gasteiger partial charge in [0.2, 0.25) is 0 Å². The van der Waals surface area contributed by atoms with Crippen LogP contribution in [-0.4, -0.2) is 12.3 Å². The van der Waals surface area contributed by atoms with E-state index in [9.17, 15) is 5.02 Å². The van der Waals surface area contributed by atoms with Crippen LogP contribution in [0, 0.1) is 0 Å². The van der Waals surface area contributed by atoms with E-state index in [1.54, 1.807) is 24.3 Å². The SMILES string of the molecule is OB(Oc1ccccc1Cl)Oc1cccc2ccc3cc4ccccc4cc3c12.P. The van der Waals surface area contributed by atoms with Gasteiger partial charge in [0, 0.05) is 5.39 Å². The van der Waals surface area contributed by atoms with Crippen LogP contribution in [0.5, 0.6) is 11.5 Å². The molecule has 1 N–H and O–H groups in total. The Balaban J connectivity index is 0.00000218. The van der Waals surface area contributed by atoms with E-state index < -0.39 is 7.32 Å². The van der Waals surface area contributed by atoms with Gasteiger partial charge in [0.25, 0.3) is 0 Å². The van der Waals surface area contributed by atoms with Crippen molar-refractivity contribution >= 4 is 61.1 Å². The summed E-state index contributed by atoms with van der Waals surface area (Å²) in [5.41, 5.74) is 0. The zero-order chi connectivity index (χ0) is 19.8. The Morgan fingerprint density at radius 2 is 1.23 bits per heavy atom. The minimum Gasteiger partial charge on any atom is -0.500 e. The number of para-hydroxylation sites is 1. The van der Waals surface area contributed by atoms with Crippen LogP contribution in [0.4, 0.5) is 0 Å². The van der Waals surface area contributed by atoms with Gasteiger partial charge in [0.1, 0.15) is 11.5 Å². The third kappa shape index (κ3) is 3.82. The highest BCUT2D eigenvalue weighted by molar-refractivity contribution is 6.92. The maximum Gasteiger partial charge on any atom is 0.785 e. The van der Waals surface area contributed by atoms with Crippen molar-refractivity contribution < 1.29 is 14.3 Å². The van der Waals surface area contributed by atoms with Crippen molar-refractivity contribution in [3.8, 4) is 11.5 Å². The summed E-state index contributed by atoms with van der Waals surface area (Å²) in [5, 5.41) is 17.2. The van der Waals surface area contributed by atoms with Crippen LogP contribution in [0.1, 0.15) is 0 Å². The van der Waals surface area contributed by atoms with Crippen LogP contribution in [0.2, 0.25) is 5.02 Å². The molecule has 5 rings (SSSR count). The number of rotatable bonds is 4. The predicted molar refractivity (Wildman–Crippen MR) is 131 cm³/mol. The Morgan fingerprint density at radius 3 is 2.03 bits per heavy atom. The minimum atomic E-state index is -1.49. The van der Waals surface area contributed by atoms with E-state index in [2.05, 4.69) is 36.4 Å². The molecule has 1 atom stereocenters. The molecule has 0 aliphatic carbocycles. The molecule has 0 fully saturated rings. The summed E-state index contributed by atoms with van der Waals surface area (Å²) in [6.45, 7) is 0. The zero-order valence-corrected chi connectivity index (χ0v) is 18.3. The van der Waals surface area contributed by atoms with Crippen LogP contribution < -0.4 is 9.31 Å². The zero-order valence-electron chi connectivity index (χ0n) is 16.1. The number of halogens is 1. The van der Waals surface area contributed by atoms with E-state index in [0.29, 0.717) is 16.5 Å². The molecule has 6 heteroatoms. The smallest absolute Gasteiger partial charge is 0.500 e. The second-order valence-electron chi connectivity index (χ2n) is 6.81. The first-order chi connectivity index (χ1) is 14.2. The van der Waals surface area contributed by atoms with Gasteiger partial charge >= 0.3 is 7.32 Å². The molecule has 0 amide bonds. The van der Waals surface area contributed by atoms with Gasteiger partial charge in [-0.1, -0.05) is 72.3 Å². The summed E-state index contributed by atoms with van der Waals surface area (Å²) in [6.07, 6.45) is 0. The molecule has 0 radical (unpaired) electrons. The highest BCUT2D eigenvalue weighted by atomic mass is 35.5. The van der Waals surface area contributed by atoms with Crippen LogP contribution in [0.15, 0.2) is 91.0 Å². The number of fused-ring (bicyclic) bond motifs is 4. The van der Waals surface area contributed by atoms with Crippen molar-refractivity contribution in [2.24, 2.45) is 0 Å². The monoisotopic (exact) mass is 432 g/mol. The standard InChI is InChI=1S/C24H16BClO3.H3P/c26-21-9-3-4-10-22(21)28-25(27)29-23-11-5-8-16-12-13-19-14-17-6-1-2-7-18(17)15-20(19)24(16)23;/h1-15,27H;1H3. The Hall–Kier alpha value is -2.78. The maximum atomic E-state index is 10.4. The molecule has 0 aromatic heterocycles. The molecule has 0 saturated heterocycles. The third-order valence-electron chi connectivity index (χ3n) is 4.98. The summed E-state index contributed by atoms with van der Waals surface area (Å²) in [5.74, 6) is 0.903. The highest BCUT2D eigenvalue weighted by Crippen LogP contribution is 2.35. The topological polar surface area (TPSA) is 38.7 Å². The fourth-order valence-electron chi connectivity index (χ4n) is 3.65. The molecule has 0 aliphatic rings. The van der Waals surface area contributed by atoms with E-state index in [4.69, 9.17) is 20.9 Å². The Kier molecular flexibility index (Phi) is 5.83. The number of benzene rings is 5. The van der Waals surface area contributed by atoms with Gasteiger partial charge in [-0.15, -0.1) is 0 Å². The van der Waals surface area contributed by atoms with Gasteiger partial charge in [-0.2, -0.15) is 9.90 Å². The number of hydrogen-bond acceptors (Lipinski definition) is 3. The number of hydrogen-bond donors (Lipinski definition) is 1. The van der Waals surface area contributed by atoms with Gasteiger partial charge < -0.3 is 14.3 Å². The molecule has 148 valence electrons. The molecule has 5 aromatic carbocycles. The minimum absolute atomic E-state index is 0. The summed E-state index contributed by atoms with van der Waals surface area (Å²) in [6, 6.07) is 29.4. The summed E-state index contributed by atoms with van der Waals surface area (Å²) in [4.78, 5) is 0. The summed E-state index contributed by atoms with van der Waals surface area (Å²) < 4.78 is 11.3. The van der Waals surface area contributed by atoms with Gasteiger partial charge in [-0.3, -0.25) is 0 Å². The van der Waals surface area contributed by atoms with Crippen LogP contribution in [0.25, 0.3) is 32.3 Å². The van der Waals surface area contributed by atoms with E-state index in [0.717, 1.165) is 26.9 Å². The van der Waals surface area contributed by atoms with Crippen molar-refractivity contribution in [1.82, 2.24) is 0 Å². The lowest BCUT2D eigenvalue weighted by molar-refractivity contribution is 0.299. The Labute approximate surface area is 183 Å². The van der Waals surface area contributed by atoms with Gasteiger partial charge in [0.05, 0.1) is 5.02 Å². The Bertz CT molecular complexity index is 1360. The third-order valence-corrected chi connectivity index (χ3v) is 5.29. The Morgan fingerprint density at radius 1 is 0.633 bits per heavy atom. The van der Waals surface area contributed by atoms with Crippen LogP contribution in [-0.2, 0) is 0 Å². The van der Waals surface area contributed by atoms with Crippen molar-refractivity contribution in [3.05, 3.63) is 96.0 Å². The lowest BCUT2D eigenvalue weighted by Crippen LogP contribution is -2.29. The quantitative estimate of drug-likeness (QED) is 0.157. The molecule has 0 bridgehead atoms. The van der Waals surface area contributed by atoms with Gasteiger partial charge in [-0.25, -0.2) is 0 Å². The van der Waals surface area contributed by atoms with Crippen LogP contribution >= 0.6 is 21.5 Å². The van der Waals surface area contributed by atoms with E-state index in [1.807, 2.05) is 30.3 Å². The second kappa shape index (κ2) is 8.53. The highest BCUT2D eigenvalue weighted by Gasteiger charge is 2.24. The van der Waals surface area contributed by atoms with E-state index >= 15 is 0 Å². The van der Waals surface area contributed by atoms with Gasteiger partial charge in [0.15, 0.2) is 0 Å². The molecule has 0 spiro atoms. The van der Waals surface area contributed by atoms with Gasteiger partial charge in [-0.05, 0) is 57.3 Å².